The number of nitrogens with zero attached hydrogens (tertiary/aromatic N) is 3. The van der Waals surface area contributed by atoms with E-state index >= 15 is 0 Å². The number of ether oxygens (including phenoxy) is 2. The molecule has 0 saturated heterocycles. The standard InChI is InChI=1S/C27H21N3O3/c31-27-22(14-19-11-12-24-25(15-19)33-17-32-24)29-26-21(13-18-7-3-1-4-8-18)28-23(16-30(26)27)20-9-5-2-6-10-20/h1-12,15-16,31H,13-14,17H2. The summed E-state index contributed by atoms with van der Waals surface area (Å²) in [7, 11) is 0. The number of hydrogen-bond acceptors (Lipinski definition) is 5. The Morgan fingerprint density at radius 1 is 0.758 bits per heavy atom. The van der Waals surface area contributed by atoms with Gasteiger partial charge in [0.05, 0.1) is 11.4 Å². The fourth-order valence-corrected chi connectivity index (χ4v) is 4.16. The third-order valence-electron chi connectivity index (χ3n) is 5.81. The van der Waals surface area contributed by atoms with E-state index in [1.165, 1.54) is 0 Å². The maximum absolute atomic E-state index is 11.1. The van der Waals surface area contributed by atoms with Gasteiger partial charge in [-0.15, -0.1) is 0 Å². The molecule has 0 amide bonds. The first kappa shape index (κ1) is 19.4. The van der Waals surface area contributed by atoms with Crippen LogP contribution in [0, 0.1) is 0 Å². The van der Waals surface area contributed by atoms with Gasteiger partial charge in [0.15, 0.2) is 17.1 Å². The molecular formula is C27H21N3O3. The van der Waals surface area contributed by atoms with Crippen molar-refractivity contribution in [1.82, 2.24) is 14.4 Å². The lowest BCUT2D eigenvalue weighted by molar-refractivity contribution is 0.174. The average molecular weight is 435 g/mol. The summed E-state index contributed by atoms with van der Waals surface area (Å²) in [5, 5.41) is 11.1. The van der Waals surface area contributed by atoms with Crippen molar-refractivity contribution >= 4 is 5.65 Å². The molecule has 1 N–H and O–H groups in total. The molecule has 2 aromatic heterocycles. The van der Waals surface area contributed by atoms with Crippen LogP contribution in [-0.2, 0) is 12.8 Å². The average Bonchev–Trinajstić information content (AvgIpc) is 3.45. The molecule has 0 atom stereocenters. The Balaban J connectivity index is 1.46. The van der Waals surface area contributed by atoms with E-state index in [9.17, 15) is 5.11 Å². The molecule has 1 aliphatic heterocycles. The van der Waals surface area contributed by atoms with E-state index < -0.39 is 0 Å². The number of aromatic nitrogens is 3. The van der Waals surface area contributed by atoms with Gasteiger partial charge in [-0.1, -0.05) is 66.7 Å². The minimum atomic E-state index is 0.122. The molecule has 0 radical (unpaired) electrons. The third kappa shape index (κ3) is 3.65. The normalized spacial score (nSPS) is 12.4. The molecule has 0 unspecified atom stereocenters. The largest absolute Gasteiger partial charge is 0.493 e. The summed E-state index contributed by atoms with van der Waals surface area (Å²) in [5.74, 6) is 1.57. The Hall–Kier alpha value is -4.32. The van der Waals surface area contributed by atoms with E-state index in [0.29, 0.717) is 29.9 Å². The van der Waals surface area contributed by atoms with E-state index in [4.69, 9.17) is 19.4 Å². The fraction of sp³-hybridized carbons (Fsp3) is 0.111. The molecule has 6 heteroatoms. The van der Waals surface area contributed by atoms with E-state index in [0.717, 1.165) is 33.8 Å². The predicted octanol–water partition coefficient (Wildman–Crippen LogP) is 5.01. The highest BCUT2D eigenvalue weighted by Crippen LogP contribution is 2.34. The van der Waals surface area contributed by atoms with Gasteiger partial charge in [-0.2, -0.15) is 0 Å². The molecule has 0 bridgehead atoms. The van der Waals surface area contributed by atoms with Crippen LogP contribution in [0.4, 0.5) is 0 Å². The summed E-state index contributed by atoms with van der Waals surface area (Å²) in [6.07, 6.45) is 2.94. The summed E-state index contributed by atoms with van der Waals surface area (Å²) in [5.41, 5.74) is 5.96. The second-order valence-corrected chi connectivity index (χ2v) is 8.04. The Kier molecular flexibility index (Phi) is 4.69. The van der Waals surface area contributed by atoms with Gasteiger partial charge in [0, 0.05) is 24.6 Å². The lowest BCUT2D eigenvalue weighted by Gasteiger charge is -2.08. The minimum Gasteiger partial charge on any atom is -0.493 e. The van der Waals surface area contributed by atoms with Gasteiger partial charge < -0.3 is 14.6 Å². The number of hydrogen-bond donors (Lipinski definition) is 1. The number of rotatable bonds is 5. The third-order valence-corrected chi connectivity index (χ3v) is 5.81. The van der Waals surface area contributed by atoms with Crippen LogP contribution >= 0.6 is 0 Å². The number of fused-ring (bicyclic) bond motifs is 2. The zero-order valence-corrected chi connectivity index (χ0v) is 17.8. The first-order valence-corrected chi connectivity index (χ1v) is 10.8. The van der Waals surface area contributed by atoms with Crippen LogP contribution in [-0.4, -0.2) is 26.3 Å². The first-order valence-electron chi connectivity index (χ1n) is 10.8. The molecule has 33 heavy (non-hydrogen) atoms. The molecule has 3 heterocycles. The van der Waals surface area contributed by atoms with E-state index in [1.54, 1.807) is 4.40 Å². The number of aromatic hydroxyl groups is 1. The van der Waals surface area contributed by atoms with Gasteiger partial charge in [-0.05, 0) is 23.3 Å². The maximum Gasteiger partial charge on any atom is 0.231 e. The fourth-order valence-electron chi connectivity index (χ4n) is 4.16. The van der Waals surface area contributed by atoms with Crippen molar-refractivity contribution < 1.29 is 14.6 Å². The van der Waals surface area contributed by atoms with Crippen LogP contribution in [0.3, 0.4) is 0 Å². The molecule has 6 rings (SSSR count). The van der Waals surface area contributed by atoms with Crippen molar-refractivity contribution in [3.8, 4) is 28.6 Å². The Morgan fingerprint density at radius 2 is 1.48 bits per heavy atom. The first-order chi connectivity index (χ1) is 16.2. The molecule has 5 aromatic rings. The maximum atomic E-state index is 11.1. The van der Waals surface area contributed by atoms with E-state index in [2.05, 4.69) is 12.1 Å². The van der Waals surface area contributed by atoms with Crippen molar-refractivity contribution in [3.63, 3.8) is 0 Å². The molecule has 0 spiro atoms. The van der Waals surface area contributed by atoms with Crippen LogP contribution in [0.1, 0.15) is 22.5 Å². The molecule has 0 saturated carbocycles. The summed E-state index contributed by atoms with van der Waals surface area (Å²) >= 11 is 0. The van der Waals surface area contributed by atoms with E-state index in [-0.39, 0.29) is 12.7 Å². The molecule has 3 aromatic carbocycles. The van der Waals surface area contributed by atoms with Gasteiger partial charge >= 0.3 is 0 Å². The summed E-state index contributed by atoms with van der Waals surface area (Å²) < 4.78 is 12.6. The summed E-state index contributed by atoms with van der Waals surface area (Å²) in [6.45, 7) is 0.231. The van der Waals surface area contributed by atoms with Crippen molar-refractivity contribution in [2.24, 2.45) is 0 Å². The lowest BCUT2D eigenvalue weighted by atomic mass is 10.1. The van der Waals surface area contributed by atoms with Crippen molar-refractivity contribution in [2.45, 2.75) is 12.8 Å². The van der Waals surface area contributed by atoms with Crippen LogP contribution in [0.2, 0.25) is 0 Å². The monoisotopic (exact) mass is 435 g/mol. The van der Waals surface area contributed by atoms with Crippen LogP contribution < -0.4 is 9.47 Å². The zero-order valence-electron chi connectivity index (χ0n) is 17.8. The van der Waals surface area contributed by atoms with Crippen molar-refractivity contribution in [1.29, 1.82) is 0 Å². The molecular weight excluding hydrogens is 414 g/mol. The quantitative estimate of drug-likeness (QED) is 0.420. The zero-order chi connectivity index (χ0) is 22.2. The van der Waals surface area contributed by atoms with E-state index in [1.807, 2.05) is 72.9 Å². The number of benzene rings is 3. The highest BCUT2D eigenvalue weighted by molar-refractivity contribution is 5.63. The smallest absolute Gasteiger partial charge is 0.231 e. The topological polar surface area (TPSA) is 68.9 Å². The summed E-state index contributed by atoms with van der Waals surface area (Å²) in [6, 6.07) is 25.9. The Bertz CT molecular complexity index is 1450. The predicted molar refractivity (Wildman–Crippen MR) is 125 cm³/mol. The molecule has 1 aliphatic rings. The molecule has 162 valence electrons. The second kappa shape index (κ2) is 7.98. The van der Waals surface area contributed by atoms with Crippen LogP contribution in [0.25, 0.3) is 16.9 Å². The van der Waals surface area contributed by atoms with Gasteiger partial charge in [0.2, 0.25) is 12.7 Å². The highest BCUT2D eigenvalue weighted by atomic mass is 16.7. The molecule has 0 aliphatic carbocycles. The number of imidazole rings is 1. The lowest BCUT2D eigenvalue weighted by Crippen LogP contribution is -2.00. The minimum absolute atomic E-state index is 0.122. The van der Waals surface area contributed by atoms with Crippen molar-refractivity contribution in [2.75, 3.05) is 6.79 Å². The molecule has 0 fully saturated rings. The Labute approximate surface area is 190 Å². The highest BCUT2D eigenvalue weighted by Gasteiger charge is 2.19. The summed E-state index contributed by atoms with van der Waals surface area (Å²) in [4.78, 5) is 9.75. The SMILES string of the molecule is Oc1c(Cc2ccc3c(c2)OCO3)nc2c(Cc3ccccc3)nc(-c3ccccc3)cn12. The van der Waals surface area contributed by atoms with Gasteiger partial charge in [-0.25, -0.2) is 9.97 Å². The van der Waals surface area contributed by atoms with Gasteiger partial charge in [-0.3, -0.25) is 4.40 Å². The van der Waals surface area contributed by atoms with Crippen molar-refractivity contribution in [3.05, 3.63) is 108 Å². The second-order valence-electron chi connectivity index (χ2n) is 8.04. The van der Waals surface area contributed by atoms with Gasteiger partial charge in [0.1, 0.15) is 5.69 Å². The van der Waals surface area contributed by atoms with Crippen LogP contribution in [0.15, 0.2) is 85.1 Å². The van der Waals surface area contributed by atoms with Gasteiger partial charge in [0.25, 0.3) is 0 Å². The van der Waals surface area contributed by atoms with Crippen LogP contribution in [0.5, 0.6) is 17.4 Å². The Morgan fingerprint density at radius 3 is 2.30 bits per heavy atom. The molecule has 6 nitrogen and oxygen atoms in total.